The molecule has 4 heteroatoms. The van der Waals surface area contributed by atoms with Crippen LogP contribution in [-0.2, 0) is 0 Å². The van der Waals surface area contributed by atoms with Crippen molar-refractivity contribution < 1.29 is 0 Å². The normalized spacial score (nSPS) is 11.2. The van der Waals surface area contributed by atoms with Crippen LogP contribution in [0.3, 0.4) is 0 Å². The highest BCUT2D eigenvalue weighted by atomic mass is 15.0. The van der Waals surface area contributed by atoms with Crippen molar-refractivity contribution in [1.82, 2.24) is 19.9 Å². The third-order valence-corrected chi connectivity index (χ3v) is 1.69. The molecule has 0 bridgehead atoms. The fraction of sp³-hybridized carbons (Fsp3) is 0.375. The predicted molar refractivity (Wildman–Crippen MR) is 44.9 cm³/mol. The van der Waals surface area contributed by atoms with Crippen LogP contribution in [0.25, 0.3) is 11.5 Å². The topological polar surface area (TPSA) is 54.5 Å². The highest BCUT2D eigenvalue weighted by Crippen LogP contribution is 2.18. The van der Waals surface area contributed by atoms with Gasteiger partial charge in [-0.1, -0.05) is 13.8 Å². The van der Waals surface area contributed by atoms with Crippen LogP contribution in [0.1, 0.15) is 25.6 Å². The smallest absolute Gasteiger partial charge is 0.160 e. The van der Waals surface area contributed by atoms with Crippen molar-refractivity contribution in [3.63, 3.8) is 0 Å². The van der Waals surface area contributed by atoms with Gasteiger partial charge in [-0.05, 0) is 0 Å². The van der Waals surface area contributed by atoms with E-state index in [9.17, 15) is 0 Å². The molecule has 0 saturated carbocycles. The number of fused-ring (bicyclic) bond motifs is 1. The van der Waals surface area contributed by atoms with Crippen molar-refractivity contribution in [2.24, 2.45) is 0 Å². The van der Waals surface area contributed by atoms with Gasteiger partial charge < -0.3 is 4.98 Å². The van der Waals surface area contributed by atoms with Crippen molar-refractivity contribution in [3.8, 4) is 11.5 Å². The molecular formula is C8H10N4. The monoisotopic (exact) mass is 162 g/mol. The molecule has 4 nitrogen and oxygen atoms in total. The van der Waals surface area contributed by atoms with Gasteiger partial charge in [-0.3, -0.25) is 0 Å². The summed E-state index contributed by atoms with van der Waals surface area (Å²) in [6.07, 6.45) is 3.33. The molecule has 12 heavy (non-hydrogen) atoms. The zero-order valence-corrected chi connectivity index (χ0v) is 7.07. The van der Waals surface area contributed by atoms with Gasteiger partial charge in [-0.2, -0.15) is 0 Å². The molecular weight excluding hydrogens is 152 g/mol. The minimum Gasteiger partial charge on any atom is -0.329 e. The molecule has 62 valence electrons. The Labute approximate surface area is 70.4 Å². The van der Waals surface area contributed by atoms with Gasteiger partial charge >= 0.3 is 0 Å². The Morgan fingerprint density at radius 2 is 2.17 bits per heavy atom. The molecule has 0 radical (unpaired) electrons. The Hall–Kier alpha value is -1.45. The number of aromatic nitrogens is 4. The molecule has 0 unspecified atom stereocenters. The third-order valence-electron chi connectivity index (χ3n) is 1.69. The van der Waals surface area contributed by atoms with E-state index < -0.39 is 0 Å². The standard InChI is InChI=1S/C8H10N4/c1-5(2)7-11-6-3-9-4-10-8(6)12-7/h3-5H,1-2H3,(H,9,10,11,12). The first-order valence-electron chi connectivity index (χ1n) is 3.93. The second-order valence-corrected chi connectivity index (χ2v) is 3.02. The molecule has 0 aromatic carbocycles. The van der Waals surface area contributed by atoms with Gasteiger partial charge in [0.2, 0.25) is 0 Å². The summed E-state index contributed by atoms with van der Waals surface area (Å²) in [6, 6.07) is 0. The van der Waals surface area contributed by atoms with Crippen LogP contribution in [0.2, 0.25) is 0 Å². The summed E-state index contributed by atoms with van der Waals surface area (Å²) in [4.78, 5) is 15.5. The summed E-state index contributed by atoms with van der Waals surface area (Å²) in [5.74, 6) is 2.05. The lowest BCUT2D eigenvalue weighted by Crippen LogP contribution is -1.88. The SMILES string of the molecule is CC(C)c1nc2cnc[nH]c-2n1. The maximum absolute atomic E-state index is 4.31. The lowest BCUT2D eigenvalue weighted by molar-refractivity contribution is 0.796. The number of imidazole rings is 1. The maximum atomic E-state index is 4.31. The van der Waals surface area contributed by atoms with E-state index in [1.807, 2.05) is 0 Å². The number of hydrogen-bond donors (Lipinski definition) is 1. The van der Waals surface area contributed by atoms with Crippen LogP contribution in [-0.4, -0.2) is 19.9 Å². The molecule has 2 aliphatic heterocycles. The molecule has 1 N–H and O–H groups in total. The van der Waals surface area contributed by atoms with Gasteiger partial charge in [0.25, 0.3) is 0 Å². The van der Waals surface area contributed by atoms with Gasteiger partial charge in [0.05, 0.1) is 12.5 Å². The highest BCUT2D eigenvalue weighted by Gasteiger charge is 2.12. The summed E-state index contributed by atoms with van der Waals surface area (Å²) in [7, 11) is 0. The Morgan fingerprint density at radius 1 is 1.33 bits per heavy atom. The summed E-state index contributed by atoms with van der Waals surface area (Å²) in [5.41, 5.74) is 0.834. The first kappa shape index (κ1) is 7.21. The van der Waals surface area contributed by atoms with Crippen LogP contribution in [0.4, 0.5) is 0 Å². The Kier molecular flexibility index (Phi) is 1.53. The first-order chi connectivity index (χ1) is 5.77. The average Bonchev–Trinajstić information content (AvgIpc) is 2.46. The van der Waals surface area contributed by atoms with Crippen molar-refractivity contribution in [2.45, 2.75) is 19.8 Å². The van der Waals surface area contributed by atoms with Crippen LogP contribution in [0, 0.1) is 0 Å². The van der Waals surface area contributed by atoms with Crippen molar-refractivity contribution in [1.29, 1.82) is 0 Å². The summed E-state index contributed by atoms with van der Waals surface area (Å²) in [5, 5.41) is 0. The molecule has 0 fully saturated rings. The maximum Gasteiger partial charge on any atom is 0.160 e. The minimum atomic E-state index is 0.366. The zero-order chi connectivity index (χ0) is 8.55. The fourth-order valence-corrected chi connectivity index (χ4v) is 1.03. The van der Waals surface area contributed by atoms with Gasteiger partial charge in [0, 0.05) is 5.92 Å². The predicted octanol–water partition coefficient (Wildman–Crippen LogP) is 1.43. The number of nitrogens with zero attached hydrogens (tertiary/aromatic N) is 3. The molecule has 0 aromatic heterocycles. The average molecular weight is 162 g/mol. The molecule has 2 heterocycles. The zero-order valence-electron chi connectivity index (χ0n) is 7.07. The lowest BCUT2D eigenvalue weighted by Gasteiger charge is -1.93. The Morgan fingerprint density at radius 3 is 2.83 bits per heavy atom. The van der Waals surface area contributed by atoms with E-state index in [0.717, 1.165) is 17.3 Å². The summed E-state index contributed by atoms with van der Waals surface area (Å²) >= 11 is 0. The van der Waals surface area contributed by atoms with Gasteiger partial charge in [0.1, 0.15) is 11.5 Å². The number of nitrogens with one attached hydrogen (secondary N) is 1. The van der Waals surface area contributed by atoms with Crippen LogP contribution in [0.5, 0.6) is 0 Å². The molecule has 2 rings (SSSR count). The number of H-pyrrole nitrogens is 1. The van der Waals surface area contributed by atoms with E-state index in [2.05, 4.69) is 33.8 Å². The molecule has 0 saturated heterocycles. The van der Waals surface area contributed by atoms with E-state index in [-0.39, 0.29) is 0 Å². The summed E-state index contributed by atoms with van der Waals surface area (Å²) in [6.45, 7) is 4.14. The minimum absolute atomic E-state index is 0.366. The second kappa shape index (κ2) is 2.55. The van der Waals surface area contributed by atoms with Crippen molar-refractivity contribution in [3.05, 3.63) is 18.3 Å². The van der Waals surface area contributed by atoms with E-state index in [4.69, 9.17) is 0 Å². The van der Waals surface area contributed by atoms with E-state index >= 15 is 0 Å². The van der Waals surface area contributed by atoms with Crippen LogP contribution < -0.4 is 0 Å². The van der Waals surface area contributed by atoms with Crippen LogP contribution >= 0.6 is 0 Å². The fourth-order valence-electron chi connectivity index (χ4n) is 1.03. The molecule has 0 amide bonds. The summed E-state index contributed by atoms with van der Waals surface area (Å²) < 4.78 is 0. The first-order valence-corrected chi connectivity index (χ1v) is 3.93. The quantitative estimate of drug-likeness (QED) is 0.690. The van der Waals surface area contributed by atoms with Crippen LogP contribution in [0.15, 0.2) is 12.5 Å². The van der Waals surface area contributed by atoms with E-state index in [1.54, 1.807) is 12.5 Å². The Bertz CT molecular complexity index is 322. The van der Waals surface area contributed by atoms with Gasteiger partial charge in [0.15, 0.2) is 5.82 Å². The largest absolute Gasteiger partial charge is 0.329 e. The number of aromatic amines is 1. The molecule has 0 atom stereocenters. The van der Waals surface area contributed by atoms with Gasteiger partial charge in [-0.25, -0.2) is 15.0 Å². The molecule has 0 aromatic rings. The molecule has 0 aliphatic carbocycles. The van der Waals surface area contributed by atoms with E-state index in [1.165, 1.54) is 0 Å². The third kappa shape index (κ3) is 1.05. The number of hydrogen-bond acceptors (Lipinski definition) is 3. The van der Waals surface area contributed by atoms with Crippen molar-refractivity contribution in [2.75, 3.05) is 0 Å². The Balaban J connectivity index is 2.56. The molecule has 0 spiro atoms. The lowest BCUT2D eigenvalue weighted by atomic mass is 10.2. The van der Waals surface area contributed by atoms with Crippen molar-refractivity contribution >= 4 is 0 Å². The van der Waals surface area contributed by atoms with Gasteiger partial charge in [-0.15, -0.1) is 0 Å². The number of rotatable bonds is 1. The molecule has 2 aliphatic rings. The van der Waals surface area contributed by atoms with E-state index in [0.29, 0.717) is 5.92 Å². The second-order valence-electron chi connectivity index (χ2n) is 3.02. The highest BCUT2D eigenvalue weighted by molar-refractivity contribution is 5.49.